The van der Waals surface area contributed by atoms with Crippen molar-refractivity contribution in [2.75, 3.05) is 0 Å². The van der Waals surface area contributed by atoms with Gasteiger partial charge in [0.05, 0.1) is 22.6 Å². The maximum atomic E-state index is 12.5. The minimum atomic E-state index is -0.541. The summed E-state index contributed by atoms with van der Waals surface area (Å²) < 4.78 is 0. The van der Waals surface area contributed by atoms with Gasteiger partial charge in [0.2, 0.25) is 0 Å². The number of carbonyl (C=O) groups is 2. The lowest BCUT2D eigenvalue weighted by atomic mass is 10.00. The van der Waals surface area contributed by atoms with Crippen molar-refractivity contribution < 1.29 is 19.3 Å². The average molecular weight is 491 g/mol. The fourth-order valence-corrected chi connectivity index (χ4v) is 3.54. The number of nitrogens with zero attached hydrogens (tertiary/aromatic N) is 2. The molecule has 0 spiro atoms. The molecule has 0 N–H and O–H groups in total. The number of hydrogen-bond acceptors (Lipinski definition) is 6. The lowest BCUT2D eigenvalue weighted by Crippen LogP contribution is -2.09. The van der Waals surface area contributed by atoms with Crippen LogP contribution in [-0.4, -0.2) is 23.4 Å². The summed E-state index contributed by atoms with van der Waals surface area (Å²) in [7, 11) is 0. The van der Waals surface area contributed by atoms with E-state index in [-0.39, 0.29) is 0 Å². The highest BCUT2D eigenvalue weighted by molar-refractivity contribution is 6.03. The van der Waals surface area contributed by atoms with Gasteiger partial charge >= 0.3 is 11.9 Å². The third-order valence-electron chi connectivity index (χ3n) is 5.59. The maximum Gasteiger partial charge on any atom is 0.365 e. The highest BCUT2D eigenvalue weighted by Gasteiger charge is 2.12. The Morgan fingerprint density at radius 3 is 1.54 bits per heavy atom. The van der Waals surface area contributed by atoms with Crippen LogP contribution in [0.3, 0.4) is 0 Å². The molecule has 4 aromatic rings. The van der Waals surface area contributed by atoms with Gasteiger partial charge in [0.1, 0.15) is 0 Å². The van der Waals surface area contributed by atoms with Crippen molar-refractivity contribution in [1.82, 2.24) is 0 Å². The summed E-state index contributed by atoms with van der Waals surface area (Å²) in [5.41, 5.74) is 5.00. The summed E-state index contributed by atoms with van der Waals surface area (Å²) in [5, 5.41) is 8.16. The largest absolute Gasteiger partial charge is 0.365 e. The topological polar surface area (TPSA) is 77.3 Å². The second kappa shape index (κ2) is 12.7. The van der Waals surface area contributed by atoms with Gasteiger partial charge in [-0.25, -0.2) is 9.59 Å². The van der Waals surface area contributed by atoms with Crippen LogP contribution in [0, 0.1) is 0 Å². The van der Waals surface area contributed by atoms with E-state index in [9.17, 15) is 9.59 Å². The molecule has 184 valence electrons. The van der Waals surface area contributed by atoms with Crippen LogP contribution >= 0.6 is 0 Å². The fourth-order valence-electron chi connectivity index (χ4n) is 3.54. The Morgan fingerprint density at radius 2 is 1.00 bits per heavy atom. The van der Waals surface area contributed by atoms with Crippen LogP contribution in [0.4, 0.5) is 0 Å². The highest BCUT2D eigenvalue weighted by Crippen LogP contribution is 2.20. The molecule has 0 aliphatic heterocycles. The molecule has 0 unspecified atom stereocenters. The van der Waals surface area contributed by atoms with E-state index < -0.39 is 11.9 Å². The number of oxime groups is 2. The molecule has 0 aliphatic rings. The molecule has 0 aromatic heterocycles. The number of benzene rings is 4. The normalized spacial score (nSPS) is 11.6. The molecule has 0 aliphatic carbocycles. The van der Waals surface area contributed by atoms with E-state index in [0.29, 0.717) is 35.4 Å². The van der Waals surface area contributed by atoms with Gasteiger partial charge in [-0.1, -0.05) is 101 Å². The summed E-state index contributed by atoms with van der Waals surface area (Å²) in [4.78, 5) is 35.0. The van der Waals surface area contributed by atoms with Crippen molar-refractivity contribution in [1.29, 1.82) is 0 Å². The van der Waals surface area contributed by atoms with Crippen molar-refractivity contribution in [2.24, 2.45) is 10.3 Å². The van der Waals surface area contributed by atoms with Crippen molar-refractivity contribution >= 4 is 23.4 Å². The van der Waals surface area contributed by atoms with Crippen molar-refractivity contribution in [2.45, 2.75) is 19.8 Å². The van der Waals surface area contributed by atoms with Crippen molar-refractivity contribution in [3.63, 3.8) is 0 Å². The van der Waals surface area contributed by atoms with E-state index in [2.05, 4.69) is 10.3 Å². The summed E-state index contributed by atoms with van der Waals surface area (Å²) in [5.74, 6) is -1.07. The minimum Gasteiger partial charge on any atom is -0.313 e. The van der Waals surface area contributed by atoms with Gasteiger partial charge in [0.15, 0.2) is 0 Å². The molecule has 4 aromatic carbocycles. The minimum absolute atomic E-state index is 0.413. The lowest BCUT2D eigenvalue weighted by molar-refractivity contribution is 0.0505. The molecule has 37 heavy (non-hydrogen) atoms. The van der Waals surface area contributed by atoms with E-state index in [1.165, 1.54) is 0 Å². The van der Waals surface area contributed by atoms with Gasteiger partial charge in [-0.05, 0) is 60.7 Å². The van der Waals surface area contributed by atoms with Gasteiger partial charge in [-0.3, -0.25) is 0 Å². The number of carbonyl (C=O) groups excluding carboxylic acids is 2. The first-order valence-electron chi connectivity index (χ1n) is 11.9. The van der Waals surface area contributed by atoms with Gasteiger partial charge < -0.3 is 9.68 Å². The standard InChI is InChI=1S/C31H26N2O4/c1-23(32-36-30(34)27-13-7-3-8-14-27)17-22-29(33-37-31(35)28-15-9-4-10-16-28)26-20-18-25(19-21-26)24-11-5-2-6-12-24/h2-16,18-21H,17,22H2,1H3/b32-23-,33-29-. The molecular weight excluding hydrogens is 464 g/mol. The van der Waals surface area contributed by atoms with Crippen molar-refractivity contribution in [3.05, 3.63) is 132 Å². The van der Waals surface area contributed by atoms with Crippen LogP contribution in [-0.2, 0) is 9.68 Å². The molecular formula is C31H26N2O4. The number of hydrogen-bond donors (Lipinski definition) is 0. The fraction of sp³-hybridized carbons (Fsp3) is 0.0968. The smallest absolute Gasteiger partial charge is 0.313 e. The molecule has 0 bridgehead atoms. The second-order valence-electron chi connectivity index (χ2n) is 8.30. The molecule has 6 nitrogen and oxygen atoms in total. The third-order valence-corrected chi connectivity index (χ3v) is 5.59. The zero-order valence-corrected chi connectivity index (χ0v) is 20.4. The van der Waals surface area contributed by atoms with Crippen LogP contribution in [0.15, 0.2) is 126 Å². The molecule has 0 amide bonds. The van der Waals surface area contributed by atoms with E-state index in [1.807, 2.05) is 66.7 Å². The Hall–Kier alpha value is -4.84. The molecule has 0 atom stereocenters. The quantitative estimate of drug-likeness (QED) is 0.145. The highest BCUT2D eigenvalue weighted by atomic mass is 16.7. The van der Waals surface area contributed by atoms with Crippen LogP contribution in [0.5, 0.6) is 0 Å². The first kappa shape index (κ1) is 25.3. The SMILES string of the molecule is C/C(CC/C(=N/OC(=O)c1ccccc1)c1ccc(-c2ccccc2)cc1)=N/OC(=O)c1ccccc1. The zero-order valence-electron chi connectivity index (χ0n) is 20.4. The molecule has 0 heterocycles. The summed E-state index contributed by atoms with van der Waals surface area (Å²) in [6.45, 7) is 1.77. The third kappa shape index (κ3) is 7.32. The second-order valence-corrected chi connectivity index (χ2v) is 8.30. The van der Waals surface area contributed by atoms with E-state index in [0.717, 1.165) is 16.7 Å². The van der Waals surface area contributed by atoms with Crippen LogP contribution < -0.4 is 0 Å². The Bertz CT molecular complexity index is 1380. The predicted octanol–water partition coefficient (Wildman–Crippen LogP) is 6.93. The van der Waals surface area contributed by atoms with Gasteiger partial charge in [0.25, 0.3) is 0 Å². The summed E-state index contributed by atoms with van der Waals surface area (Å²) in [6, 6.07) is 35.3. The molecule has 6 heteroatoms. The van der Waals surface area contributed by atoms with Gasteiger partial charge in [0, 0.05) is 0 Å². The molecule has 0 saturated carbocycles. The Balaban J connectivity index is 1.48. The van der Waals surface area contributed by atoms with E-state index in [1.54, 1.807) is 55.5 Å². The number of rotatable bonds is 9. The van der Waals surface area contributed by atoms with Crippen LogP contribution in [0.1, 0.15) is 46.0 Å². The molecule has 0 saturated heterocycles. The predicted molar refractivity (Wildman–Crippen MR) is 144 cm³/mol. The van der Waals surface area contributed by atoms with Gasteiger partial charge in [-0.15, -0.1) is 0 Å². The molecule has 4 rings (SSSR count). The summed E-state index contributed by atoms with van der Waals surface area (Å²) in [6.07, 6.45) is 0.870. The van der Waals surface area contributed by atoms with E-state index in [4.69, 9.17) is 9.68 Å². The van der Waals surface area contributed by atoms with E-state index >= 15 is 0 Å². The maximum absolute atomic E-state index is 12.5. The summed E-state index contributed by atoms with van der Waals surface area (Å²) >= 11 is 0. The Kier molecular flexibility index (Phi) is 8.70. The van der Waals surface area contributed by atoms with Crippen molar-refractivity contribution in [3.8, 4) is 11.1 Å². The average Bonchev–Trinajstić information content (AvgIpc) is 2.97. The Morgan fingerprint density at radius 1 is 0.541 bits per heavy atom. The first-order valence-corrected chi connectivity index (χ1v) is 11.9. The van der Waals surface area contributed by atoms with Gasteiger partial charge in [-0.2, -0.15) is 0 Å². The van der Waals surface area contributed by atoms with Crippen LogP contribution in [0.25, 0.3) is 11.1 Å². The van der Waals surface area contributed by atoms with Crippen LogP contribution in [0.2, 0.25) is 0 Å². The Labute approximate surface area is 215 Å². The zero-order chi connectivity index (χ0) is 25.9. The monoisotopic (exact) mass is 490 g/mol. The lowest BCUT2D eigenvalue weighted by Gasteiger charge is -2.08. The molecule has 0 radical (unpaired) electrons. The first-order chi connectivity index (χ1) is 18.1. The molecule has 0 fully saturated rings.